The van der Waals surface area contributed by atoms with Crippen LogP contribution in [0.3, 0.4) is 0 Å². The highest BCUT2D eigenvalue weighted by atomic mass is 16.2. The van der Waals surface area contributed by atoms with Crippen molar-refractivity contribution in [2.75, 3.05) is 42.9 Å². The average molecular weight is 516 g/mol. The zero-order valence-corrected chi connectivity index (χ0v) is 21.8. The van der Waals surface area contributed by atoms with Crippen molar-refractivity contribution in [3.05, 3.63) is 65.6 Å². The van der Waals surface area contributed by atoms with Gasteiger partial charge >= 0.3 is 0 Å². The summed E-state index contributed by atoms with van der Waals surface area (Å²) in [4.78, 5) is 51.2. The molecule has 2 aliphatic heterocycles. The van der Waals surface area contributed by atoms with E-state index in [1.807, 2.05) is 17.0 Å². The second kappa shape index (κ2) is 10.6. The summed E-state index contributed by atoms with van der Waals surface area (Å²) in [5, 5.41) is 4.05. The Morgan fingerprint density at radius 2 is 1.87 bits per heavy atom. The third kappa shape index (κ3) is 5.25. The smallest absolute Gasteiger partial charge is 0.252 e. The van der Waals surface area contributed by atoms with E-state index in [0.717, 1.165) is 42.8 Å². The van der Waals surface area contributed by atoms with Crippen LogP contribution in [0.25, 0.3) is 11.0 Å². The number of amides is 2. The van der Waals surface area contributed by atoms with Gasteiger partial charge in [0, 0.05) is 81.3 Å². The zero-order valence-electron chi connectivity index (χ0n) is 21.8. The molecule has 1 N–H and O–H groups in total. The first-order valence-corrected chi connectivity index (χ1v) is 13.0. The second-order valence-electron chi connectivity index (χ2n) is 10.1. The highest BCUT2D eigenvalue weighted by molar-refractivity contribution is 5.87. The number of hydrogen-bond donors (Lipinski definition) is 1. The summed E-state index contributed by atoms with van der Waals surface area (Å²) in [6, 6.07) is 11.5. The van der Waals surface area contributed by atoms with Crippen LogP contribution in [0.4, 0.5) is 17.3 Å². The van der Waals surface area contributed by atoms with Crippen molar-refractivity contribution in [2.24, 2.45) is 5.92 Å². The van der Waals surface area contributed by atoms with E-state index in [2.05, 4.69) is 45.8 Å². The van der Waals surface area contributed by atoms with Crippen LogP contribution in [0.5, 0.6) is 0 Å². The third-order valence-electron chi connectivity index (χ3n) is 7.45. The van der Waals surface area contributed by atoms with E-state index in [1.165, 1.54) is 6.08 Å². The number of nitrogens with zero attached hydrogens (tertiary/aromatic N) is 6. The van der Waals surface area contributed by atoms with Gasteiger partial charge in [0.05, 0.1) is 0 Å². The van der Waals surface area contributed by atoms with Crippen LogP contribution < -0.4 is 15.8 Å². The van der Waals surface area contributed by atoms with Crippen LogP contribution in [0.2, 0.25) is 0 Å². The number of piperazine rings is 1. The maximum absolute atomic E-state index is 12.7. The lowest BCUT2D eigenvalue weighted by atomic mass is 9.96. The first kappa shape index (κ1) is 25.4. The molecule has 10 nitrogen and oxygen atoms in total. The molecule has 1 aromatic carbocycles. The van der Waals surface area contributed by atoms with Crippen LogP contribution in [-0.2, 0) is 16.1 Å². The van der Waals surface area contributed by atoms with E-state index in [1.54, 1.807) is 34.7 Å². The molecule has 2 aliphatic rings. The Bertz CT molecular complexity index is 1410. The number of fused-ring (bicyclic) bond motifs is 1. The number of anilines is 3. The first-order chi connectivity index (χ1) is 18.3. The van der Waals surface area contributed by atoms with Crippen LogP contribution in [0.15, 0.2) is 60.0 Å². The fraction of sp³-hybridized carbons (Fsp3) is 0.393. The third-order valence-corrected chi connectivity index (χ3v) is 7.45. The summed E-state index contributed by atoms with van der Waals surface area (Å²) in [5.41, 5.74) is 2.42. The molecule has 4 heterocycles. The Morgan fingerprint density at radius 1 is 1.11 bits per heavy atom. The van der Waals surface area contributed by atoms with Gasteiger partial charge in [-0.15, -0.1) is 0 Å². The van der Waals surface area contributed by atoms with Gasteiger partial charge in [0.15, 0.2) is 0 Å². The second-order valence-corrected chi connectivity index (χ2v) is 10.1. The molecule has 2 fully saturated rings. The lowest BCUT2D eigenvalue weighted by Crippen LogP contribution is -2.53. The van der Waals surface area contributed by atoms with Gasteiger partial charge in [0.1, 0.15) is 5.65 Å². The van der Waals surface area contributed by atoms with E-state index in [4.69, 9.17) is 0 Å². The van der Waals surface area contributed by atoms with Gasteiger partial charge in [-0.25, -0.2) is 4.98 Å². The van der Waals surface area contributed by atoms with Gasteiger partial charge in [-0.1, -0.05) is 6.58 Å². The summed E-state index contributed by atoms with van der Waals surface area (Å²) in [5.74, 6) is 0.837. The number of rotatable bonds is 7. The number of carbonyl (C=O) groups is 2. The molecule has 0 radical (unpaired) electrons. The van der Waals surface area contributed by atoms with Crippen molar-refractivity contribution < 1.29 is 9.59 Å². The largest absolute Gasteiger partial charge is 0.368 e. The summed E-state index contributed by atoms with van der Waals surface area (Å²) in [7, 11) is 0. The average Bonchev–Trinajstić information content (AvgIpc) is 2.88. The van der Waals surface area contributed by atoms with Crippen molar-refractivity contribution in [3.63, 3.8) is 0 Å². The first-order valence-electron chi connectivity index (χ1n) is 13.0. The fourth-order valence-electron chi connectivity index (χ4n) is 5.27. The monoisotopic (exact) mass is 515 g/mol. The lowest BCUT2D eigenvalue weighted by molar-refractivity contribution is -0.132. The standard InChI is InChI=1S/C28H33N7O3/c1-4-25(37)33-17-21(18-33)11-12-35-26(38)10-5-22-15-29-28(31-27(22)35)30-23-6-8-24(9-7-23)32-13-14-34(20(3)36)19(2)16-32/h4-10,15,19,21H,1,11-14,16-18H2,2-3H3,(H,29,30,31)/t19-/m0/s1. The van der Waals surface area contributed by atoms with Gasteiger partial charge in [-0.3, -0.25) is 19.0 Å². The molecule has 0 aliphatic carbocycles. The summed E-state index contributed by atoms with van der Waals surface area (Å²) in [6.07, 6.45) is 3.84. The number of hydrogen-bond acceptors (Lipinski definition) is 7. The molecular formula is C28H33N7O3. The molecule has 2 amide bonds. The molecular weight excluding hydrogens is 482 g/mol. The van der Waals surface area contributed by atoms with Crippen molar-refractivity contribution >= 4 is 40.2 Å². The van der Waals surface area contributed by atoms with Gasteiger partial charge in [-0.2, -0.15) is 4.98 Å². The van der Waals surface area contributed by atoms with Crippen molar-refractivity contribution in [3.8, 4) is 0 Å². The molecule has 0 spiro atoms. The lowest BCUT2D eigenvalue weighted by Gasteiger charge is -2.40. The summed E-state index contributed by atoms with van der Waals surface area (Å²) >= 11 is 0. The van der Waals surface area contributed by atoms with Gasteiger partial charge in [-0.05, 0) is 55.7 Å². The number of likely N-dealkylation sites (tertiary alicyclic amines) is 1. The Labute approximate surface area is 221 Å². The number of aromatic nitrogens is 3. The zero-order chi connectivity index (χ0) is 26.8. The van der Waals surface area contributed by atoms with Crippen LogP contribution in [-0.4, -0.2) is 74.9 Å². The minimum Gasteiger partial charge on any atom is -0.368 e. The Balaban J connectivity index is 1.26. The number of aryl methyl sites for hydroxylation is 1. The molecule has 10 heteroatoms. The molecule has 5 rings (SSSR count). The molecule has 198 valence electrons. The number of carbonyl (C=O) groups excluding carboxylic acids is 2. The molecule has 0 bridgehead atoms. The highest BCUT2D eigenvalue weighted by Gasteiger charge is 2.29. The Kier molecular flexibility index (Phi) is 7.13. The van der Waals surface area contributed by atoms with Crippen LogP contribution in [0.1, 0.15) is 20.3 Å². The maximum atomic E-state index is 12.7. The molecule has 0 saturated carbocycles. The SMILES string of the molecule is C=CC(=O)N1CC(CCn2c(=O)ccc3cnc(Nc4ccc(N5CCN(C(C)=O)[C@@H](C)C5)cc4)nc32)C1. The van der Waals surface area contributed by atoms with E-state index in [-0.39, 0.29) is 23.4 Å². The Morgan fingerprint density at radius 3 is 2.55 bits per heavy atom. The van der Waals surface area contributed by atoms with Crippen molar-refractivity contribution in [1.82, 2.24) is 24.3 Å². The van der Waals surface area contributed by atoms with Gasteiger partial charge < -0.3 is 20.0 Å². The predicted octanol–water partition coefficient (Wildman–Crippen LogP) is 2.63. The minimum absolute atomic E-state index is 0.0508. The fourth-order valence-corrected chi connectivity index (χ4v) is 5.27. The molecule has 1 atom stereocenters. The quantitative estimate of drug-likeness (QED) is 0.483. The topological polar surface area (TPSA) is 104 Å². The summed E-state index contributed by atoms with van der Waals surface area (Å²) < 4.78 is 1.69. The van der Waals surface area contributed by atoms with Gasteiger partial charge in [0.2, 0.25) is 17.8 Å². The molecule has 2 aromatic heterocycles. The van der Waals surface area contributed by atoms with E-state index >= 15 is 0 Å². The number of nitrogens with one attached hydrogen (secondary N) is 1. The van der Waals surface area contributed by atoms with Gasteiger partial charge in [0.25, 0.3) is 5.56 Å². The van der Waals surface area contributed by atoms with Crippen molar-refractivity contribution in [1.29, 1.82) is 0 Å². The normalized spacial score (nSPS) is 17.8. The van der Waals surface area contributed by atoms with Crippen LogP contribution >= 0.6 is 0 Å². The number of pyridine rings is 1. The van der Waals surface area contributed by atoms with E-state index < -0.39 is 0 Å². The summed E-state index contributed by atoms with van der Waals surface area (Å²) in [6.45, 7) is 11.4. The predicted molar refractivity (Wildman–Crippen MR) is 147 cm³/mol. The van der Waals surface area contributed by atoms with Crippen molar-refractivity contribution in [2.45, 2.75) is 32.9 Å². The highest BCUT2D eigenvalue weighted by Crippen LogP contribution is 2.24. The van der Waals surface area contributed by atoms with E-state index in [9.17, 15) is 14.4 Å². The van der Waals surface area contributed by atoms with E-state index in [0.29, 0.717) is 37.1 Å². The van der Waals surface area contributed by atoms with Crippen LogP contribution in [0, 0.1) is 5.92 Å². The minimum atomic E-state index is -0.107. The molecule has 0 unspecified atom stereocenters. The number of benzene rings is 1. The molecule has 2 saturated heterocycles. The maximum Gasteiger partial charge on any atom is 0.252 e. The Hall–Kier alpha value is -4.21. The molecule has 38 heavy (non-hydrogen) atoms. The molecule has 3 aromatic rings.